The van der Waals surface area contributed by atoms with Gasteiger partial charge in [0.2, 0.25) is 0 Å². The van der Waals surface area contributed by atoms with Crippen molar-refractivity contribution in [2.75, 3.05) is 11.4 Å². The van der Waals surface area contributed by atoms with Crippen LogP contribution in [0.15, 0.2) is 48.4 Å². The molecular formula is C20H18ClN5S. The maximum Gasteiger partial charge on any atom is 0.142 e. The van der Waals surface area contributed by atoms with Gasteiger partial charge in [-0.05, 0) is 37.0 Å². The molecule has 0 spiro atoms. The van der Waals surface area contributed by atoms with Gasteiger partial charge >= 0.3 is 0 Å². The van der Waals surface area contributed by atoms with Crippen molar-refractivity contribution in [3.8, 4) is 11.1 Å². The number of rotatable bonds is 3. The SMILES string of the molecule is Clc1ccc(-c2csc3ncnc(N4CCCCC4c4ncc[nH]4)c23)cc1. The average Bonchev–Trinajstić information content (AvgIpc) is 3.39. The number of piperidine rings is 1. The van der Waals surface area contributed by atoms with Crippen molar-refractivity contribution >= 4 is 39.0 Å². The Morgan fingerprint density at radius 3 is 2.81 bits per heavy atom. The van der Waals surface area contributed by atoms with Crippen LogP contribution in [0.25, 0.3) is 21.3 Å². The lowest BCUT2D eigenvalue weighted by atomic mass is 10.00. The van der Waals surface area contributed by atoms with E-state index in [1.54, 1.807) is 17.7 Å². The Morgan fingerprint density at radius 2 is 2.00 bits per heavy atom. The number of nitrogens with one attached hydrogen (secondary N) is 1. The molecule has 1 N–H and O–H groups in total. The van der Waals surface area contributed by atoms with Gasteiger partial charge in [0.05, 0.1) is 11.4 Å². The number of imidazole rings is 1. The van der Waals surface area contributed by atoms with Crippen LogP contribution in [0.3, 0.4) is 0 Å². The van der Waals surface area contributed by atoms with E-state index in [0.717, 1.165) is 57.4 Å². The lowest BCUT2D eigenvalue weighted by Crippen LogP contribution is -2.34. The van der Waals surface area contributed by atoms with Crippen LogP contribution in [0.4, 0.5) is 5.82 Å². The molecular weight excluding hydrogens is 378 g/mol. The molecule has 5 nitrogen and oxygen atoms in total. The van der Waals surface area contributed by atoms with E-state index >= 15 is 0 Å². The minimum Gasteiger partial charge on any atom is -0.347 e. The first-order valence-electron chi connectivity index (χ1n) is 9.05. The van der Waals surface area contributed by atoms with Crippen LogP contribution in [-0.4, -0.2) is 26.5 Å². The zero-order valence-corrected chi connectivity index (χ0v) is 16.2. The normalized spacial score (nSPS) is 17.5. The molecule has 0 radical (unpaired) electrons. The van der Waals surface area contributed by atoms with E-state index in [2.05, 4.69) is 37.4 Å². The summed E-state index contributed by atoms with van der Waals surface area (Å²) in [5.41, 5.74) is 2.29. The summed E-state index contributed by atoms with van der Waals surface area (Å²) in [7, 11) is 0. The second kappa shape index (κ2) is 6.94. The fourth-order valence-corrected chi connectivity index (χ4v) is 4.88. The van der Waals surface area contributed by atoms with Gasteiger partial charge in [0, 0.05) is 34.9 Å². The number of H-pyrrole nitrogens is 1. The molecule has 0 bridgehead atoms. The highest BCUT2D eigenvalue weighted by Crippen LogP contribution is 2.42. The molecule has 27 heavy (non-hydrogen) atoms. The van der Waals surface area contributed by atoms with Gasteiger partial charge in [-0.1, -0.05) is 23.7 Å². The number of benzene rings is 1. The number of nitrogens with zero attached hydrogens (tertiary/aromatic N) is 4. The quantitative estimate of drug-likeness (QED) is 0.500. The summed E-state index contributed by atoms with van der Waals surface area (Å²) in [5.74, 6) is 2.00. The second-order valence-corrected chi connectivity index (χ2v) is 8.01. The van der Waals surface area contributed by atoms with Crippen LogP contribution < -0.4 is 4.90 Å². The third-order valence-electron chi connectivity index (χ3n) is 5.12. The maximum absolute atomic E-state index is 6.08. The lowest BCUT2D eigenvalue weighted by molar-refractivity contribution is 0.456. The van der Waals surface area contributed by atoms with Gasteiger partial charge in [0.15, 0.2) is 0 Å². The molecule has 7 heteroatoms. The molecule has 4 aromatic rings. The van der Waals surface area contributed by atoms with Gasteiger partial charge in [-0.3, -0.25) is 0 Å². The highest BCUT2D eigenvalue weighted by atomic mass is 35.5. The number of aromatic nitrogens is 4. The number of fused-ring (bicyclic) bond motifs is 1. The first-order chi connectivity index (χ1) is 13.3. The fraction of sp³-hybridized carbons (Fsp3) is 0.250. The Balaban J connectivity index is 1.66. The molecule has 1 fully saturated rings. The van der Waals surface area contributed by atoms with Crippen molar-refractivity contribution < 1.29 is 0 Å². The van der Waals surface area contributed by atoms with Crippen LogP contribution >= 0.6 is 22.9 Å². The van der Waals surface area contributed by atoms with Crippen molar-refractivity contribution in [2.45, 2.75) is 25.3 Å². The van der Waals surface area contributed by atoms with Gasteiger partial charge in [-0.2, -0.15) is 0 Å². The van der Waals surface area contributed by atoms with Gasteiger partial charge < -0.3 is 9.88 Å². The molecule has 0 amide bonds. The molecule has 1 aliphatic heterocycles. The van der Waals surface area contributed by atoms with E-state index in [1.165, 1.54) is 6.42 Å². The number of hydrogen-bond donors (Lipinski definition) is 1. The van der Waals surface area contributed by atoms with Crippen LogP contribution in [0.2, 0.25) is 5.02 Å². The van der Waals surface area contributed by atoms with E-state index in [9.17, 15) is 0 Å². The van der Waals surface area contributed by atoms with Crippen molar-refractivity contribution in [3.05, 3.63) is 59.2 Å². The highest BCUT2D eigenvalue weighted by molar-refractivity contribution is 7.17. The van der Waals surface area contributed by atoms with E-state index in [0.29, 0.717) is 0 Å². The summed E-state index contributed by atoms with van der Waals surface area (Å²) in [5, 5.41) is 4.02. The van der Waals surface area contributed by atoms with E-state index in [-0.39, 0.29) is 6.04 Å². The molecule has 0 saturated carbocycles. The average molecular weight is 396 g/mol. The number of thiophene rings is 1. The standard InChI is InChI=1S/C20H18ClN5S/c21-14-6-4-13(5-7-14)15-11-27-20-17(15)19(24-12-25-20)26-10-2-1-3-16(26)18-22-8-9-23-18/h4-9,11-12,16H,1-3,10H2,(H,22,23). The summed E-state index contributed by atoms with van der Waals surface area (Å²) in [6.07, 6.45) is 8.81. The number of halogens is 1. The first-order valence-corrected chi connectivity index (χ1v) is 10.3. The van der Waals surface area contributed by atoms with Crippen molar-refractivity contribution in [1.29, 1.82) is 0 Å². The van der Waals surface area contributed by atoms with Crippen molar-refractivity contribution in [2.24, 2.45) is 0 Å². The topological polar surface area (TPSA) is 57.7 Å². The monoisotopic (exact) mass is 395 g/mol. The minimum absolute atomic E-state index is 0.213. The Labute approximate surface area is 166 Å². The molecule has 3 aromatic heterocycles. The molecule has 4 heterocycles. The lowest BCUT2D eigenvalue weighted by Gasteiger charge is -2.35. The van der Waals surface area contributed by atoms with Crippen LogP contribution in [0.1, 0.15) is 31.1 Å². The van der Waals surface area contributed by atoms with Crippen LogP contribution in [0, 0.1) is 0 Å². The van der Waals surface area contributed by atoms with Crippen LogP contribution in [0.5, 0.6) is 0 Å². The summed E-state index contributed by atoms with van der Waals surface area (Å²) in [4.78, 5) is 20.4. The Bertz CT molecular complexity index is 1060. The van der Waals surface area contributed by atoms with Crippen molar-refractivity contribution in [1.82, 2.24) is 19.9 Å². The van der Waals surface area contributed by atoms with Crippen molar-refractivity contribution in [3.63, 3.8) is 0 Å². The van der Waals surface area contributed by atoms with Gasteiger partial charge in [-0.15, -0.1) is 11.3 Å². The highest BCUT2D eigenvalue weighted by Gasteiger charge is 2.29. The van der Waals surface area contributed by atoms with Gasteiger partial charge in [0.1, 0.15) is 22.8 Å². The molecule has 1 aromatic carbocycles. The third-order valence-corrected chi connectivity index (χ3v) is 6.25. The summed E-state index contributed by atoms with van der Waals surface area (Å²) >= 11 is 7.74. The zero-order valence-electron chi connectivity index (χ0n) is 14.6. The van der Waals surface area contributed by atoms with Crippen LogP contribution in [-0.2, 0) is 0 Å². The predicted molar refractivity (Wildman–Crippen MR) is 110 cm³/mol. The number of aromatic amines is 1. The van der Waals surface area contributed by atoms with E-state index < -0.39 is 0 Å². The molecule has 136 valence electrons. The molecule has 1 aliphatic rings. The molecule has 1 atom stereocenters. The Morgan fingerprint density at radius 1 is 1.11 bits per heavy atom. The Hall–Kier alpha value is -2.44. The van der Waals surface area contributed by atoms with E-state index in [1.807, 2.05) is 24.5 Å². The minimum atomic E-state index is 0.213. The van der Waals surface area contributed by atoms with Gasteiger partial charge in [0.25, 0.3) is 0 Å². The molecule has 0 aliphatic carbocycles. The zero-order chi connectivity index (χ0) is 18.2. The molecule has 5 rings (SSSR count). The maximum atomic E-state index is 6.08. The van der Waals surface area contributed by atoms with Gasteiger partial charge in [-0.25, -0.2) is 15.0 Å². The first kappa shape index (κ1) is 16.7. The Kier molecular flexibility index (Phi) is 4.30. The van der Waals surface area contributed by atoms with E-state index in [4.69, 9.17) is 16.6 Å². The smallest absolute Gasteiger partial charge is 0.142 e. The number of hydrogen-bond acceptors (Lipinski definition) is 5. The predicted octanol–water partition coefficient (Wildman–Crippen LogP) is 5.47. The largest absolute Gasteiger partial charge is 0.347 e. The summed E-state index contributed by atoms with van der Waals surface area (Å²) in [6.45, 7) is 0.966. The molecule has 1 saturated heterocycles. The second-order valence-electron chi connectivity index (χ2n) is 6.71. The number of anilines is 1. The fourth-order valence-electron chi connectivity index (χ4n) is 3.85. The summed E-state index contributed by atoms with van der Waals surface area (Å²) in [6, 6.07) is 8.18. The third kappa shape index (κ3) is 2.99. The summed E-state index contributed by atoms with van der Waals surface area (Å²) < 4.78 is 0. The molecule has 1 unspecified atom stereocenters.